The molecule has 4 heteroatoms. The summed E-state index contributed by atoms with van der Waals surface area (Å²) in [6.45, 7) is 3.23. The molecule has 2 aliphatic heterocycles. The first-order valence-electron chi connectivity index (χ1n) is 5.28. The molecular formula is C10H16BrNO2. The van der Waals surface area contributed by atoms with Crippen LogP contribution in [0.25, 0.3) is 0 Å². The van der Waals surface area contributed by atoms with E-state index in [2.05, 4.69) is 15.9 Å². The predicted molar refractivity (Wildman–Crippen MR) is 57.5 cm³/mol. The van der Waals surface area contributed by atoms with Gasteiger partial charge in [0.25, 0.3) is 0 Å². The molecule has 0 aliphatic carbocycles. The van der Waals surface area contributed by atoms with Gasteiger partial charge in [0.1, 0.15) is 0 Å². The maximum Gasteiger partial charge on any atom is 0.228 e. The first-order chi connectivity index (χ1) is 6.77. The predicted octanol–water partition coefficient (Wildman–Crippen LogP) is 1.41. The van der Waals surface area contributed by atoms with Crippen molar-refractivity contribution in [3.8, 4) is 0 Å². The summed E-state index contributed by atoms with van der Waals surface area (Å²) in [6.07, 6.45) is 3.11. The Hall–Kier alpha value is -0.0900. The number of carbonyl (C=O) groups excluding carboxylic acids is 1. The summed E-state index contributed by atoms with van der Waals surface area (Å²) in [5.41, 5.74) is 0. The molecule has 2 fully saturated rings. The van der Waals surface area contributed by atoms with E-state index in [1.165, 1.54) is 0 Å². The molecule has 14 heavy (non-hydrogen) atoms. The number of amides is 1. The van der Waals surface area contributed by atoms with E-state index in [1.54, 1.807) is 0 Å². The highest BCUT2D eigenvalue weighted by Gasteiger charge is 2.30. The van der Waals surface area contributed by atoms with Crippen molar-refractivity contribution in [2.75, 3.05) is 26.3 Å². The Kier molecular flexibility index (Phi) is 3.44. The van der Waals surface area contributed by atoms with Gasteiger partial charge in [-0.2, -0.15) is 0 Å². The Bertz CT molecular complexity index is 209. The second kappa shape index (κ2) is 4.62. The van der Waals surface area contributed by atoms with E-state index in [0.717, 1.165) is 39.0 Å². The molecule has 0 aromatic rings. The number of carbonyl (C=O) groups is 1. The van der Waals surface area contributed by atoms with Crippen molar-refractivity contribution in [1.29, 1.82) is 0 Å². The minimum atomic E-state index is 0.126. The molecule has 0 bridgehead atoms. The van der Waals surface area contributed by atoms with Crippen molar-refractivity contribution in [2.45, 2.75) is 24.1 Å². The molecule has 3 nitrogen and oxygen atoms in total. The Morgan fingerprint density at radius 1 is 1.43 bits per heavy atom. The summed E-state index contributed by atoms with van der Waals surface area (Å²) in [5.74, 6) is 0.424. The van der Waals surface area contributed by atoms with E-state index in [4.69, 9.17) is 4.74 Å². The molecule has 0 aromatic heterocycles. The van der Waals surface area contributed by atoms with Crippen LogP contribution in [-0.2, 0) is 9.53 Å². The first kappa shape index (κ1) is 10.4. The van der Waals surface area contributed by atoms with Crippen LogP contribution in [0.2, 0.25) is 0 Å². The molecule has 0 N–H and O–H groups in total. The van der Waals surface area contributed by atoms with Crippen molar-refractivity contribution >= 4 is 21.8 Å². The molecule has 2 unspecified atom stereocenters. The van der Waals surface area contributed by atoms with Gasteiger partial charge < -0.3 is 9.64 Å². The molecule has 0 aromatic carbocycles. The van der Waals surface area contributed by atoms with E-state index in [1.807, 2.05) is 4.90 Å². The maximum absolute atomic E-state index is 12.0. The number of hydrogen-bond acceptors (Lipinski definition) is 2. The molecule has 2 saturated heterocycles. The zero-order valence-electron chi connectivity index (χ0n) is 8.25. The molecule has 0 saturated carbocycles. The second-order valence-electron chi connectivity index (χ2n) is 4.08. The van der Waals surface area contributed by atoms with E-state index < -0.39 is 0 Å². The van der Waals surface area contributed by atoms with Crippen LogP contribution in [0.1, 0.15) is 19.3 Å². The summed E-state index contributed by atoms with van der Waals surface area (Å²) in [4.78, 5) is 14.4. The topological polar surface area (TPSA) is 29.5 Å². The van der Waals surface area contributed by atoms with Gasteiger partial charge in [-0.1, -0.05) is 15.9 Å². The molecule has 0 spiro atoms. The maximum atomic E-state index is 12.0. The second-order valence-corrected chi connectivity index (χ2v) is 5.38. The lowest BCUT2D eigenvalue weighted by Gasteiger charge is -2.26. The van der Waals surface area contributed by atoms with Crippen molar-refractivity contribution < 1.29 is 9.53 Å². The quantitative estimate of drug-likeness (QED) is 0.669. The van der Waals surface area contributed by atoms with Gasteiger partial charge in [0.05, 0.1) is 12.5 Å². The lowest BCUT2D eigenvalue weighted by molar-refractivity contribution is -0.138. The highest BCUT2D eigenvalue weighted by atomic mass is 79.9. The zero-order valence-corrected chi connectivity index (χ0v) is 9.83. The average Bonchev–Trinajstić information content (AvgIpc) is 2.65. The minimum Gasteiger partial charge on any atom is -0.381 e. The van der Waals surface area contributed by atoms with Gasteiger partial charge in [0.15, 0.2) is 0 Å². The molecule has 2 aliphatic rings. The van der Waals surface area contributed by atoms with E-state index >= 15 is 0 Å². The van der Waals surface area contributed by atoms with Gasteiger partial charge in [-0.05, 0) is 19.3 Å². The summed E-state index contributed by atoms with van der Waals surface area (Å²) in [6, 6.07) is 0. The number of ether oxygens (including phenoxy) is 1. The molecule has 0 radical (unpaired) electrons. The Morgan fingerprint density at radius 2 is 2.29 bits per heavy atom. The van der Waals surface area contributed by atoms with E-state index in [9.17, 15) is 4.79 Å². The number of rotatable bonds is 1. The Morgan fingerprint density at radius 3 is 2.86 bits per heavy atom. The first-order valence-corrected chi connectivity index (χ1v) is 6.19. The smallest absolute Gasteiger partial charge is 0.228 e. The van der Waals surface area contributed by atoms with Crippen LogP contribution in [0.5, 0.6) is 0 Å². The summed E-state index contributed by atoms with van der Waals surface area (Å²) >= 11 is 3.55. The van der Waals surface area contributed by atoms with Gasteiger partial charge in [0, 0.05) is 24.5 Å². The largest absolute Gasteiger partial charge is 0.381 e. The van der Waals surface area contributed by atoms with Crippen molar-refractivity contribution in [1.82, 2.24) is 4.90 Å². The number of likely N-dealkylation sites (tertiary alicyclic amines) is 1. The third-order valence-electron chi connectivity index (χ3n) is 2.95. The normalized spacial score (nSPS) is 33.4. The lowest BCUT2D eigenvalue weighted by atomic mass is 10.0. The summed E-state index contributed by atoms with van der Waals surface area (Å²) < 4.78 is 5.33. The Labute approximate surface area is 92.9 Å². The van der Waals surface area contributed by atoms with E-state index in [-0.39, 0.29) is 5.92 Å². The van der Waals surface area contributed by atoms with Crippen LogP contribution in [0.4, 0.5) is 0 Å². The van der Waals surface area contributed by atoms with Crippen LogP contribution < -0.4 is 0 Å². The molecule has 80 valence electrons. The van der Waals surface area contributed by atoms with Crippen LogP contribution in [-0.4, -0.2) is 41.9 Å². The molecular weight excluding hydrogens is 246 g/mol. The average molecular weight is 262 g/mol. The number of hydrogen-bond donors (Lipinski definition) is 0. The van der Waals surface area contributed by atoms with Crippen LogP contribution in [0.3, 0.4) is 0 Å². The summed E-state index contributed by atoms with van der Waals surface area (Å²) in [7, 11) is 0. The highest BCUT2D eigenvalue weighted by molar-refractivity contribution is 9.09. The van der Waals surface area contributed by atoms with E-state index in [0.29, 0.717) is 17.3 Å². The highest BCUT2D eigenvalue weighted by Crippen LogP contribution is 2.22. The van der Waals surface area contributed by atoms with Crippen molar-refractivity contribution in [3.05, 3.63) is 0 Å². The number of nitrogens with zero attached hydrogens (tertiary/aromatic N) is 1. The molecule has 2 heterocycles. The summed E-state index contributed by atoms with van der Waals surface area (Å²) in [5, 5.41) is 0. The fourth-order valence-corrected chi connectivity index (χ4v) is 2.67. The fraction of sp³-hybridized carbons (Fsp3) is 0.900. The van der Waals surface area contributed by atoms with Crippen molar-refractivity contribution in [2.24, 2.45) is 5.92 Å². The molecule has 2 atom stereocenters. The Balaban J connectivity index is 1.87. The van der Waals surface area contributed by atoms with Gasteiger partial charge in [-0.15, -0.1) is 0 Å². The number of halogens is 1. The zero-order chi connectivity index (χ0) is 9.97. The third kappa shape index (κ3) is 2.28. The molecule has 2 rings (SSSR count). The van der Waals surface area contributed by atoms with Crippen molar-refractivity contribution in [3.63, 3.8) is 0 Å². The van der Waals surface area contributed by atoms with Gasteiger partial charge in [-0.25, -0.2) is 0 Å². The monoisotopic (exact) mass is 261 g/mol. The standard InChI is InChI=1S/C10H16BrNO2/c11-9-3-4-12(6-9)10(13)8-2-1-5-14-7-8/h8-9H,1-7H2. The minimum absolute atomic E-state index is 0.126. The lowest BCUT2D eigenvalue weighted by Crippen LogP contribution is -2.38. The SMILES string of the molecule is O=C(C1CCCOC1)N1CCC(Br)C1. The van der Waals surface area contributed by atoms with Gasteiger partial charge in [-0.3, -0.25) is 4.79 Å². The van der Waals surface area contributed by atoms with Crippen LogP contribution in [0, 0.1) is 5.92 Å². The van der Waals surface area contributed by atoms with Gasteiger partial charge in [0.2, 0.25) is 5.91 Å². The van der Waals surface area contributed by atoms with Crippen LogP contribution in [0.15, 0.2) is 0 Å². The van der Waals surface area contributed by atoms with Crippen LogP contribution >= 0.6 is 15.9 Å². The van der Waals surface area contributed by atoms with Gasteiger partial charge >= 0.3 is 0 Å². The third-order valence-corrected chi connectivity index (χ3v) is 3.70. The number of alkyl halides is 1. The molecule has 1 amide bonds. The fourth-order valence-electron chi connectivity index (χ4n) is 2.11.